The number of carbonyl (C=O) groups excluding carboxylic acids is 2. The van der Waals surface area contributed by atoms with Crippen molar-refractivity contribution in [2.75, 3.05) is 18.0 Å². The molecular weight excluding hydrogens is 397 g/mol. The Bertz CT molecular complexity index is 979. The van der Waals surface area contributed by atoms with Gasteiger partial charge in [0.25, 0.3) is 11.8 Å². The Hall–Kier alpha value is -3.29. The molecular formula is C22H19F3N2O3. The van der Waals surface area contributed by atoms with Gasteiger partial charge in [-0.2, -0.15) is 0 Å². The highest BCUT2D eigenvalue weighted by atomic mass is 19.4. The Labute approximate surface area is 171 Å². The largest absolute Gasteiger partial charge is 0.573 e. The number of amides is 2. The molecule has 0 N–H and O–H groups in total. The molecule has 0 bridgehead atoms. The second-order valence-corrected chi connectivity index (χ2v) is 7.12. The summed E-state index contributed by atoms with van der Waals surface area (Å²) in [7, 11) is 0. The number of likely N-dealkylation sites (tertiary alicyclic amines) is 1. The number of benzene rings is 2. The van der Waals surface area contributed by atoms with Gasteiger partial charge in [0.2, 0.25) is 0 Å². The molecule has 2 aliphatic rings. The van der Waals surface area contributed by atoms with Gasteiger partial charge in [0.15, 0.2) is 0 Å². The number of hydrogen-bond acceptors (Lipinski definition) is 4. The van der Waals surface area contributed by atoms with Crippen LogP contribution in [-0.2, 0) is 9.59 Å². The Kier molecular flexibility index (Phi) is 5.24. The molecule has 2 aromatic carbocycles. The standard InChI is InChI=1S/C22H19F3N2O3/c23-22(24,25)30-17-11-9-16(10-12-17)27-20(28)18(15-7-3-1-4-8-15)19(21(27)29)26-13-5-2-6-14-26/h1,3-4,7-12H,2,5-6,13-14H2. The predicted molar refractivity (Wildman–Crippen MR) is 104 cm³/mol. The van der Waals surface area contributed by atoms with Crippen molar-refractivity contribution in [3.63, 3.8) is 0 Å². The van der Waals surface area contributed by atoms with Crippen LogP contribution in [0.4, 0.5) is 18.9 Å². The Balaban J connectivity index is 1.70. The molecule has 1 fully saturated rings. The Morgan fingerprint density at radius 3 is 2.03 bits per heavy atom. The van der Waals surface area contributed by atoms with Gasteiger partial charge < -0.3 is 9.64 Å². The van der Waals surface area contributed by atoms with Crippen molar-refractivity contribution in [2.24, 2.45) is 0 Å². The minimum absolute atomic E-state index is 0.194. The normalized spacial score (nSPS) is 17.7. The van der Waals surface area contributed by atoms with E-state index in [1.54, 1.807) is 24.3 Å². The molecule has 4 rings (SSSR count). The molecule has 156 valence electrons. The van der Waals surface area contributed by atoms with Crippen LogP contribution in [0, 0.1) is 0 Å². The van der Waals surface area contributed by atoms with E-state index in [1.807, 2.05) is 11.0 Å². The predicted octanol–water partition coefficient (Wildman–Crippen LogP) is 4.36. The number of anilines is 1. The summed E-state index contributed by atoms with van der Waals surface area (Å²) in [6.45, 7) is 1.35. The lowest BCUT2D eigenvalue weighted by molar-refractivity contribution is -0.274. The smallest absolute Gasteiger partial charge is 0.406 e. The number of nitrogens with zero attached hydrogens (tertiary/aromatic N) is 2. The Morgan fingerprint density at radius 2 is 1.43 bits per heavy atom. The third-order valence-electron chi connectivity index (χ3n) is 5.12. The van der Waals surface area contributed by atoms with E-state index in [0.29, 0.717) is 29.9 Å². The van der Waals surface area contributed by atoms with Crippen LogP contribution in [0.5, 0.6) is 5.75 Å². The van der Waals surface area contributed by atoms with E-state index in [4.69, 9.17) is 0 Å². The lowest BCUT2D eigenvalue weighted by Crippen LogP contribution is -2.37. The fourth-order valence-electron chi connectivity index (χ4n) is 3.83. The first-order chi connectivity index (χ1) is 14.3. The maximum Gasteiger partial charge on any atom is 0.573 e. The number of hydrogen-bond donors (Lipinski definition) is 0. The van der Waals surface area contributed by atoms with Crippen LogP contribution < -0.4 is 9.64 Å². The zero-order valence-electron chi connectivity index (χ0n) is 16.0. The molecule has 2 amide bonds. The molecule has 0 aliphatic carbocycles. The molecule has 30 heavy (non-hydrogen) atoms. The van der Waals surface area contributed by atoms with Gasteiger partial charge in [-0.3, -0.25) is 9.59 Å². The molecule has 0 spiro atoms. The van der Waals surface area contributed by atoms with Crippen molar-refractivity contribution in [2.45, 2.75) is 25.6 Å². The zero-order valence-corrected chi connectivity index (χ0v) is 16.0. The molecule has 0 aromatic heterocycles. The van der Waals surface area contributed by atoms with E-state index in [2.05, 4.69) is 4.74 Å². The fourth-order valence-corrected chi connectivity index (χ4v) is 3.83. The number of imide groups is 1. The summed E-state index contributed by atoms with van der Waals surface area (Å²) in [5.74, 6) is -1.38. The van der Waals surface area contributed by atoms with Gasteiger partial charge in [-0.15, -0.1) is 13.2 Å². The van der Waals surface area contributed by atoms with Gasteiger partial charge >= 0.3 is 6.36 Å². The molecule has 0 atom stereocenters. The number of carbonyl (C=O) groups is 2. The SMILES string of the molecule is O=C1C(c2ccccc2)=C(N2CCCCC2)C(=O)N1c1ccc(OC(F)(F)F)cc1. The minimum Gasteiger partial charge on any atom is -0.406 e. The first-order valence-electron chi connectivity index (χ1n) is 9.64. The van der Waals surface area contributed by atoms with Gasteiger partial charge in [-0.05, 0) is 49.1 Å². The lowest BCUT2D eigenvalue weighted by Gasteiger charge is -2.29. The van der Waals surface area contributed by atoms with Crippen molar-refractivity contribution < 1.29 is 27.5 Å². The van der Waals surface area contributed by atoms with E-state index in [0.717, 1.165) is 36.3 Å². The number of ether oxygens (including phenoxy) is 1. The molecule has 1 saturated heterocycles. The number of halogens is 3. The summed E-state index contributed by atoms with van der Waals surface area (Å²) in [5, 5.41) is 0. The topological polar surface area (TPSA) is 49.9 Å². The third kappa shape index (κ3) is 3.90. The first kappa shape index (κ1) is 20.0. The Morgan fingerprint density at radius 1 is 0.800 bits per heavy atom. The van der Waals surface area contributed by atoms with E-state index >= 15 is 0 Å². The molecule has 8 heteroatoms. The second kappa shape index (κ2) is 7.85. The molecule has 2 heterocycles. The molecule has 0 radical (unpaired) electrons. The number of rotatable bonds is 4. The van der Waals surface area contributed by atoms with Crippen LogP contribution in [0.25, 0.3) is 5.57 Å². The lowest BCUT2D eigenvalue weighted by atomic mass is 10.0. The monoisotopic (exact) mass is 416 g/mol. The maximum absolute atomic E-state index is 13.3. The number of alkyl halides is 3. The van der Waals surface area contributed by atoms with Gasteiger partial charge in [-0.1, -0.05) is 30.3 Å². The van der Waals surface area contributed by atoms with Crippen molar-refractivity contribution >= 4 is 23.1 Å². The first-order valence-corrected chi connectivity index (χ1v) is 9.64. The highest BCUT2D eigenvalue weighted by Crippen LogP contribution is 2.36. The summed E-state index contributed by atoms with van der Waals surface area (Å²) < 4.78 is 41.1. The van der Waals surface area contributed by atoms with E-state index < -0.39 is 23.9 Å². The molecule has 0 unspecified atom stereocenters. The summed E-state index contributed by atoms with van der Waals surface area (Å²) in [6.07, 6.45) is -1.89. The summed E-state index contributed by atoms with van der Waals surface area (Å²) >= 11 is 0. The van der Waals surface area contributed by atoms with Crippen molar-refractivity contribution in [1.29, 1.82) is 0 Å². The highest BCUT2D eigenvalue weighted by Gasteiger charge is 2.42. The summed E-state index contributed by atoms with van der Waals surface area (Å²) in [6, 6.07) is 13.7. The van der Waals surface area contributed by atoms with Crippen LogP contribution >= 0.6 is 0 Å². The number of piperidine rings is 1. The van der Waals surface area contributed by atoms with Gasteiger partial charge in [-0.25, -0.2) is 4.90 Å². The second-order valence-electron chi connectivity index (χ2n) is 7.12. The van der Waals surface area contributed by atoms with E-state index in [1.165, 1.54) is 12.1 Å². The van der Waals surface area contributed by atoms with Crippen LogP contribution in [0.1, 0.15) is 24.8 Å². The van der Waals surface area contributed by atoms with Crippen molar-refractivity contribution in [3.8, 4) is 5.75 Å². The minimum atomic E-state index is -4.82. The van der Waals surface area contributed by atoms with Crippen molar-refractivity contribution in [1.82, 2.24) is 4.90 Å². The zero-order chi connectivity index (χ0) is 21.3. The average molecular weight is 416 g/mol. The van der Waals surface area contributed by atoms with Crippen LogP contribution in [0.15, 0.2) is 60.3 Å². The van der Waals surface area contributed by atoms with E-state index in [-0.39, 0.29) is 5.69 Å². The summed E-state index contributed by atoms with van der Waals surface area (Å²) in [4.78, 5) is 29.6. The molecule has 2 aromatic rings. The van der Waals surface area contributed by atoms with Gasteiger partial charge in [0.05, 0.1) is 11.3 Å². The molecule has 0 saturated carbocycles. The molecule has 2 aliphatic heterocycles. The third-order valence-corrected chi connectivity index (χ3v) is 5.12. The quantitative estimate of drug-likeness (QED) is 0.696. The van der Waals surface area contributed by atoms with E-state index in [9.17, 15) is 22.8 Å². The molecule has 5 nitrogen and oxygen atoms in total. The summed E-state index contributed by atoms with van der Waals surface area (Å²) in [5.41, 5.74) is 1.50. The fraction of sp³-hybridized carbons (Fsp3) is 0.273. The van der Waals surface area contributed by atoms with Crippen LogP contribution in [-0.4, -0.2) is 36.2 Å². The maximum atomic E-state index is 13.3. The van der Waals surface area contributed by atoms with Gasteiger partial charge in [0.1, 0.15) is 11.4 Å². The van der Waals surface area contributed by atoms with Crippen LogP contribution in [0.3, 0.4) is 0 Å². The highest BCUT2D eigenvalue weighted by molar-refractivity contribution is 6.45. The van der Waals surface area contributed by atoms with Gasteiger partial charge in [0, 0.05) is 13.1 Å². The van der Waals surface area contributed by atoms with Crippen molar-refractivity contribution in [3.05, 3.63) is 65.9 Å². The average Bonchev–Trinajstić information content (AvgIpc) is 2.99. The van der Waals surface area contributed by atoms with Crippen LogP contribution in [0.2, 0.25) is 0 Å².